The molecular weight excluding hydrogens is 376 g/mol. The Labute approximate surface area is 176 Å². The van der Waals surface area contributed by atoms with Crippen LogP contribution in [0.15, 0.2) is 72.8 Å². The van der Waals surface area contributed by atoms with Gasteiger partial charge in [0, 0.05) is 25.0 Å². The fourth-order valence-electron chi connectivity index (χ4n) is 2.84. The van der Waals surface area contributed by atoms with E-state index in [0.29, 0.717) is 22.6 Å². The van der Waals surface area contributed by atoms with E-state index in [2.05, 4.69) is 0 Å². The first-order chi connectivity index (χ1) is 14.5. The van der Waals surface area contributed by atoms with E-state index in [1.165, 1.54) is 13.8 Å². The van der Waals surface area contributed by atoms with E-state index in [-0.39, 0.29) is 0 Å². The standard InChI is InChI=1S/C26H22O4/c1-19(27)29-25-17-24(16-14-22-11-7-4-8-12-22)26(30-20(2)28)18-23(25)15-13-21-9-5-3-6-10-21/h3-18H,1-2H3. The lowest BCUT2D eigenvalue weighted by Gasteiger charge is -2.12. The van der Waals surface area contributed by atoms with Gasteiger partial charge in [-0.15, -0.1) is 0 Å². The third-order valence-electron chi connectivity index (χ3n) is 4.16. The van der Waals surface area contributed by atoms with Gasteiger partial charge in [-0.2, -0.15) is 0 Å². The first-order valence-corrected chi connectivity index (χ1v) is 9.52. The number of benzene rings is 3. The Balaban J connectivity index is 2.05. The number of carbonyl (C=O) groups excluding carboxylic acids is 2. The summed E-state index contributed by atoms with van der Waals surface area (Å²) in [5.74, 6) is -0.0817. The van der Waals surface area contributed by atoms with Crippen LogP contribution in [0.2, 0.25) is 0 Å². The molecule has 3 aromatic rings. The number of esters is 2. The van der Waals surface area contributed by atoms with Crippen molar-refractivity contribution in [2.24, 2.45) is 0 Å². The molecule has 0 N–H and O–H groups in total. The van der Waals surface area contributed by atoms with Crippen LogP contribution in [-0.2, 0) is 9.59 Å². The molecule has 150 valence electrons. The summed E-state index contributed by atoms with van der Waals surface area (Å²) < 4.78 is 10.8. The molecule has 0 saturated heterocycles. The highest BCUT2D eigenvalue weighted by Gasteiger charge is 2.12. The molecule has 30 heavy (non-hydrogen) atoms. The third kappa shape index (κ3) is 6.04. The molecule has 0 unspecified atom stereocenters. The molecule has 0 spiro atoms. The molecule has 3 aromatic carbocycles. The van der Waals surface area contributed by atoms with E-state index < -0.39 is 11.9 Å². The van der Waals surface area contributed by atoms with E-state index in [9.17, 15) is 9.59 Å². The van der Waals surface area contributed by atoms with E-state index in [1.54, 1.807) is 12.1 Å². The van der Waals surface area contributed by atoms with Gasteiger partial charge in [0.25, 0.3) is 0 Å². The maximum Gasteiger partial charge on any atom is 0.308 e. The molecular formula is C26H22O4. The molecule has 0 atom stereocenters. The number of hydrogen-bond acceptors (Lipinski definition) is 4. The molecule has 0 aromatic heterocycles. The monoisotopic (exact) mass is 398 g/mol. The Kier molecular flexibility index (Phi) is 6.95. The number of hydrogen-bond donors (Lipinski definition) is 0. The average molecular weight is 398 g/mol. The zero-order valence-corrected chi connectivity index (χ0v) is 16.9. The van der Waals surface area contributed by atoms with E-state index in [1.807, 2.05) is 85.0 Å². The van der Waals surface area contributed by atoms with E-state index in [0.717, 1.165) is 11.1 Å². The van der Waals surface area contributed by atoms with E-state index in [4.69, 9.17) is 9.47 Å². The summed E-state index contributed by atoms with van der Waals surface area (Å²) in [6.45, 7) is 2.70. The van der Waals surface area contributed by atoms with Crippen molar-refractivity contribution in [3.05, 3.63) is 95.1 Å². The summed E-state index contributed by atoms with van der Waals surface area (Å²) in [7, 11) is 0. The SMILES string of the molecule is CC(=O)Oc1cc(C=Cc2ccccc2)c(OC(C)=O)cc1C=Cc1ccccc1. The highest BCUT2D eigenvalue weighted by Crippen LogP contribution is 2.32. The fourth-order valence-corrected chi connectivity index (χ4v) is 2.84. The van der Waals surface area contributed by atoms with Gasteiger partial charge in [0.15, 0.2) is 0 Å². The maximum atomic E-state index is 11.6. The number of ether oxygens (including phenoxy) is 2. The zero-order chi connectivity index (χ0) is 21.3. The van der Waals surface area contributed by atoms with Crippen molar-refractivity contribution >= 4 is 36.2 Å². The Morgan fingerprint density at radius 1 is 0.600 bits per heavy atom. The van der Waals surface area contributed by atoms with Gasteiger partial charge in [0.2, 0.25) is 0 Å². The van der Waals surface area contributed by atoms with Crippen molar-refractivity contribution in [3.8, 4) is 11.5 Å². The zero-order valence-electron chi connectivity index (χ0n) is 16.9. The molecule has 0 bridgehead atoms. The number of carbonyl (C=O) groups is 2. The van der Waals surface area contributed by atoms with Crippen LogP contribution in [0.5, 0.6) is 11.5 Å². The minimum Gasteiger partial charge on any atom is -0.426 e. The van der Waals surface area contributed by atoms with Crippen molar-refractivity contribution in [3.63, 3.8) is 0 Å². The second-order valence-electron chi connectivity index (χ2n) is 6.60. The Morgan fingerprint density at radius 3 is 1.30 bits per heavy atom. The molecule has 0 aliphatic carbocycles. The van der Waals surface area contributed by atoms with Gasteiger partial charge in [-0.25, -0.2) is 0 Å². The second kappa shape index (κ2) is 10.0. The van der Waals surface area contributed by atoms with Crippen LogP contribution in [0.3, 0.4) is 0 Å². The van der Waals surface area contributed by atoms with Crippen LogP contribution >= 0.6 is 0 Å². The second-order valence-corrected chi connectivity index (χ2v) is 6.60. The van der Waals surface area contributed by atoms with Crippen molar-refractivity contribution in [2.75, 3.05) is 0 Å². The molecule has 0 saturated carbocycles. The van der Waals surface area contributed by atoms with Gasteiger partial charge >= 0.3 is 11.9 Å². The van der Waals surface area contributed by atoms with Crippen LogP contribution in [0.1, 0.15) is 36.1 Å². The minimum absolute atomic E-state index is 0.387. The summed E-state index contributed by atoms with van der Waals surface area (Å²) in [6.07, 6.45) is 7.45. The lowest BCUT2D eigenvalue weighted by molar-refractivity contribution is -0.133. The van der Waals surface area contributed by atoms with Gasteiger partial charge in [-0.3, -0.25) is 9.59 Å². The minimum atomic E-state index is -0.428. The van der Waals surface area contributed by atoms with Crippen LogP contribution in [0, 0.1) is 0 Å². The highest BCUT2D eigenvalue weighted by molar-refractivity contribution is 5.82. The largest absolute Gasteiger partial charge is 0.426 e. The smallest absolute Gasteiger partial charge is 0.308 e. The number of rotatable bonds is 6. The molecule has 4 nitrogen and oxygen atoms in total. The van der Waals surface area contributed by atoms with Crippen LogP contribution in [-0.4, -0.2) is 11.9 Å². The van der Waals surface area contributed by atoms with Crippen molar-refractivity contribution < 1.29 is 19.1 Å². The molecule has 3 rings (SSSR count). The maximum absolute atomic E-state index is 11.6. The Hall–Kier alpha value is -3.92. The summed E-state index contributed by atoms with van der Waals surface area (Å²) in [6, 6.07) is 22.9. The lowest BCUT2D eigenvalue weighted by atomic mass is 10.1. The summed E-state index contributed by atoms with van der Waals surface area (Å²) >= 11 is 0. The predicted octanol–water partition coefficient (Wildman–Crippen LogP) is 5.88. The molecule has 0 amide bonds. The van der Waals surface area contributed by atoms with Crippen LogP contribution in [0.25, 0.3) is 24.3 Å². The molecule has 4 heteroatoms. The highest BCUT2D eigenvalue weighted by atomic mass is 16.5. The Morgan fingerprint density at radius 2 is 0.967 bits per heavy atom. The van der Waals surface area contributed by atoms with Gasteiger partial charge in [-0.1, -0.05) is 85.0 Å². The quantitative estimate of drug-likeness (QED) is 0.296. The normalized spacial score (nSPS) is 11.0. The summed E-state index contributed by atoms with van der Waals surface area (Å²) in [5, 5.41) is 0. The molecule has 0 radical (unpaired) electrons. The molecule has 0 aliphatic rings. The first-order valence-electron chi connectivity index (χ1n) is 9.52. The molecule has 0 fully saturated rings. The topological polar surface area (TPSA) is 52.6 Å². The molecule has 0 heterocycles. The summed E-state index contributed by atoms with van der Waals surface area (Å²) in [5.41, 5.74) is 3.24. The van der Waals surface area contributed by atoms with Crippen LogP contribution in [0.4, 0.5) is 0 Å². The van der Waals surface area contributed by atoms with Crippen molar-refractivity contribution in [2.45, 2.75) is 13.8 Å². The van der Waals surface area contributed by atoms with Gasteiger partial charge in [0.1, 0.15) is 11.5 Å². The van der Waals surface area contributed by atoms with Gasteiger partial charge in [0.05, 0.1) is 0 Å². The van der Waals surface area contributed by atoms with Gasteiger partial charge < -0.3 is 9.47 Å². The average Bonchev–Trinajstić information content (AvgIpc) is 2.73. The van der Waals surface area contributed by atoms with E-state index >= 15 is 0 Å². The summed E-state index contributed by atoms with van der Waals surface area (Å²) in [4.78, 5) is 23.3. The van der Waals surface area contributed by atoms with Crippen LogP contribution < -0.4 is 9.47 Å². The Bertz CT molecular complexity index is 992. The van der Waals surface area contributed by atoms with Gasteiger partial charge in [-0.05, 0) is 23.3 Å². The molecule has 0 aliphatic heterocycles. The van der Waals surface area contributed by atoms with Crippen molar-refractivity contribution in [1.29, 1.82) is 0 Å². The lowest BCUT2D eigenvalue weighted by Crippen LogP contribution is -2.06. The first kappa shape index (κ1) is 20.8. The third-order valence-corrected chi connectivity index (χ3v) is 4.16. The predicted molar refractivity (Wildman–Crippen MR) is 120 cm³/mol. The fraction of sp³-hybridized carbons (Fsp3) is 0.0769. The van der Waals surface area contributed by atoms with Crippen molar-refractivity contribution in [1.82, 2.24) is 0 Å².